The molecule has 0 atom stereocenters. The summed E-state index contributed by atoms with van der Waals surface area (Å²) in [5.41, 5.74) is 6.40. The summed E-state index contributed by atoms with van der Waals surface area (Å²) in [7, 11) is 0. The van der Waals surface area contributed by atoms with Crippen LogP contribution in [0.5, 0.6) is 0 Å². The molecule has 170 valence electrons. The molecule has 0 saturated carbocycles. The molecule has 0 aromatic heterocycles. The van der Waals surface area contributed by atoms with E-state index in [0.717, 1.165) is 38.5 Å². The molecule has 1 aliphatic rings. The average Bonchev–Trinajstić information content (AvgIpc) is 2.76. The van der Waals surface area contributed by atoms with Crippen LogP contribution in [0.4, 0.5) is 0 Å². The number of hydrogen-bond acceptors (Lipinski definition) is 2. The summed E-state index contributed by atoms with van der Waals surface area (Å²) in [6.45, 7) is 10.4. The van der Waals surface area contributed by atoms with Gasteiger partial charge in [-0.05, 0) is 79.6 Å². The lowest BCUT2D eigenvalue weighted by Crippen LogP contribution is -2.20. The second-order valence-electron chi connectivity index (χ2n) is 9.02. The molecule has 0 spiro atoms. The Bertz CT molecular complexity index is 976. The van der Waals surface area contributed by atoms with E-state index in [9.17, 15) is 9.59 Å². The molecule has 0 heterocycles. The minimum Gasteiger partial charge on any atom is -0.289 e. The van der Waals surface area contributed by atoms with Gasteiger partial charge in [-0.3, -0.25) is 9.59 Å². The Morgan fingerprint density at radius 3 is 2.00 bits per heavy atom. The van der Waals surface area contributed by atoms with E-state index in [1.54, 1.807) is 19.1 Å². The second kappa shape index (κ2) is 13.0. The fourth-order valence-electron chi connectivity index (χ4n) is 3.84. The number of Topliss-reactive ketones (excluding diaryl/α,β-unsaturated/α-hetero) is 2. The van der Waals surface area contributed by atoms with Crippen LogP contribution in [0, 0.1) is 0 Å². The first-order valence-electron chi connectivity index (χ1n) is 11.8. The smallest absolute Gasteiger partial charge is 0.190 e. The molecule has 0 N–H and O–H groups in total. The van der Waals surface area contributed by atoms with Crippen LogP contribution in [-0.2, 0) is 0 Å². The Kier molecular flexibility index (Phi) is 10.3. The van der Waals surface area contributed by atoms with Crippen LogP contribution in [0.15, 0.2) is 82.5 Å². The Labute approximate surface area is 194 Å². The predicted molar refractivity (Wildman–Crippen MR) is 136 cm³/mol. The Balaban J connectivity index is 1.77. The van der Waals surface area contributed by atoms with Crippen molar-refractivity contribution in [1.29, 1.82) is 0 Å². The van der Waals surface area contributed by atoms with E-state index in [0.29, 0.717) is 28.7 Å². The highest BCUT2D eigenvalue weighted by molar-refractivity contribution is 6.26. The monoisotopic (exact) mass is 430 g/mol. The van der Waals surface area contributed by atoms with Crippen molar-refractivity contribution in [3.05, 3.63) is 93.6 Å². The third kappa shape index (κ3) is 7.75. The van der Waals surface area contributed by atoms with Crippen LogP contribution in [0.2, 0.25) is 0 Å². The molecule has 2 heteroatoms. The molecule has 32 heavy (non-hydrogen) atoms. The zero-order valence-corrected chi connectivity index (χ0v) is 20.5. The number of hydrogen-bond donors (Lipinski definition) is 0. The van der Waals surface area contributed by atoms with Crippen molar-refractivity contribution in [2.24, 2.45) is 0 Å². The van der Waals surface area contributed by atoms with Gasteiger partial charge < -0.3 is 0 Å². The number of unbranched alkanes of at least 4 members (excludes halogenated alkanes) is 1. The lowest BCUT2D eigenvalue weighted by molar-refractivity contribution is 0.0973. The van der Waals surface area contributed by atoms with E-state index in [-0.39, 0.29) is 11.6 Å². The van der Waals surface area contributed by atoms with Crippen LogP contribution in [0.1, 0.15) is 100 Å². The summed E-state index contributed by atoms with van der Waals surface area (Å²) in [5.74, 6) is -0.0312. The van der Waals surface area contributed by atoms with Gasteiger partial charge in [0.15, 0.2) is 11.6 Å². The van der Waals surface area contributed by atoms with Gasteiger partial charge in [0, 0.05) is 22.3 Å². The Hall–Kier alpha value is -2.74. The van der Waals surface area contributed by atoms with Gasteiger partial charge in [-0.1, -0.05) is 71.4 Å². The Morgan fingerprint density at radius 2 is 1.31 bits per heavy atom. The molecule has 0 bridgehead atoms. The molecule has 1 aromatic carbocycles. The fourth-order valence-corrected chi connectivity index (χ4v) is 3.84. The fraction of sp³-hybridized carbons (Fsp3) is 0.400. The normalized spacial score (nSPS) is 14.9. The van der Waals surface area contributed by atoms with Gasteiger partial charge in [-0.25, -0.2) is 0 Å². The maximum Gasteiger partial charge on any atom is 0.190 e. The van der Waals surface area contributed by atoms with Crippen LogP contribution in [-0.4, -0.2) is 11.6 Å². The van der Waals surface area contributed by atoms with Crippen molar-refractivity contribution in [3.8, 4) is 0 Å². The van der Waals surface area contributed by atoms with Gasteiger partial charge >= 0.3 is 0 Å². The third-order valence-corrected chi connectivity index (χ3v) is 5.93. The molecule has 2 nitrogen and oxygen atoms in total. The average molecular weight is 431 g/mol. The number of fused-ring (bicyclic) bond motifs is 1. The molecule has 0 amide bonds. The van der Waals surface area contributed by atoms with E-state index in [2.05, 4.69) is 58.1 Å². The highest BCUT2D eigenvalue weighted by atomic mass is 16.1. The lowest BCUT2D eigenvalue weighted by Gasteiger charge is -2.18. The molecule has 1 aliphatic carbocycles. The SMILES string of the molecule is CC(C)=CCC/C(C)=C/CC/C=C/CC/C(C)=C/CC1=C(C)C(=O)c2ccccc2C1=O. The summed E-state index contributed by atoms with van der Waals surface area (Å²) in [4.78, 5) is 25.4. The first-order chi connectivity index (χ1) is 15.3. The topological polar surface area (TPSA) is 34.1 Å². The summed E-state index contributed by atoms with van der Waals surface area (Å²) in [6, 6.07) is 7.12. The van der Waals surface area contributed by atoms with E-state index >= 15 is 0 Å². The predicted octanol–water partition coefficient (Wildman–Crippen LogP) is 8.53. The van der Waals surface area contributed by atoms with Crippen molar-refractivity contribution < 1.29 is 9.59 Å². The number of ketones is 2. The number of allylic oxidation sites excluding steroid dienone is 10. The van der Waals surface area contributed by atoms with E-state index in [1.807, 2.05) is 12.1 Å². The van der Waals surface area contributed by atoms with Crippen molar-refractivity contribution in [2.75, 3.05) is 0 Å². The van der Waals surface area contributed by atoms with E-state index in [4.69, 9.17) is 0 Å². The lowest BCUT2D eigenvalue weighted by atomic mass is 9.83. The van der Waals surface area contributed by atoms with Gasteiger partial charge in [0.2, 0.25) is 0 Å². The zero-order valence-electron chi connectivity index (χ0n) is 20.5. The Morgan fingerprint density at radius 1 is 0.719 bits per heavy atom. The van der Waals surface area contributed by atoms with Crippen LogP contribution in [0.3, 0.4) is 0 Å². The molecule has 0 unspecified atom stereocenters. The van der Waals surface area contributed by atoms with Gasteiger partial charge in [0.25, 0.3) is 0 Å². The van der Waals surface area contributed by atoms with Gasteiger partial charge in [0.05, 0.1) is 0 Å². The molecule has 1 aromatic rings. The standard InChI is InChI=1S/C30H38O2/c1-22(2)14-13-17-23(3)15-9-7-6-8-10-16-24(4)20-21-26-25(5)29(31)27-18-11-12-19-28(27)30(26)32/h6,8,11-12,14-15,18-20H,7,9-10,13,16-17,21H2,1-5H3/b8-6+,23-15+,24-20+. The number of benzene rings is 1. The van der Waals surface area contributed by atoms with Crippen molar-refractivity contribution in [3.63, 3.8) is 0 Å². The van der Waals surface area contributed by atoms with Crippen molar-refractivity contribution in [2.45, 2.75) is 79.6 Å². The molecule has 0 fully saturated rings. The molecule has 0 saturated heterocycles. The van der Waals surface area contributed by atoms with Crippen LogP contribution in [0.25, 0.3) is 0 Å². The summed E-state index contributed by atoms with van der Waals surface area (Å²) in [5, 5.41) is 0. The van der Waals surface area contributed by atoms with Crippen LogP contribution >= 0.6 is 0 Å². The maximum absolute atomic E-state index is 12.8. The maximum atomic E-state index is 12.8. The molecular formula is C30H38O2. The molecule has 0 aliphatic heterocycles. The number of carbonyl (C=O) groups excluding carboxylic acids is 2. The largest absolute Gasteiger partial charge is 0.289 e. The molecule has 2 rings (SSSR count). The minimum atomic E-state index is -0.0228. The van der Waals surface area contributed by atoms with Crippen molar-refractivity contribution in [1.82, 2.24) is 0 Å². The summed E-state index contributed by atoms with van der Waals surface area (Å²) >= 11 is 0. The first-order valence-corrected chi connectivity index (χ1v) is 11.8. The third-order valence-electron chi connectivity index (χ3n) is 5.93. The minimum absolute atomic E-state index is 0.00848. The van der Waals surface area contributed by atoms with E-state index < -0.39 is 0 Å². The van der Waals surface area contributed by atoms with Gasteiger partial charge in [0.1, 0.15) is 0 Å². The number of carbonyl (C=O) groups is 2. The highest BCUT2D eigenvalue weighted by Gasteiger charge is 2.28. The summed E-state index contributed by atoms with van der Waals surface area (Å²) < 4.78 is 0. The first kappa shape index (κ1) is 25.5. The quantitative estimate of drug-likeness (QED) is 0.260. The van der Waals surface area contributed by atoms with Crippen molar-refractivity contribution >= 4 is 11.6 Å². The zero-order chi connectivity index (χ0) is 23.5. The van der Waals surface area contributed by atoms with Crippen LogP contribution < -0.4 is 0 Å². The summed E-state index contributed by atoms with van der Waals surface area (Å²) in [6.07, 6.45) is 18.2. The second-order valence-corrected chi connectivity index (χ2v) is 9.02. The van der Waals surface area contributed by atoms with Gasteiger partial charge in [-0.2, -0.15) is 0 Å². The highest BCUT2D eigenvalue weighted by Crippen LogP contribution is 2.28. The van der Waals surface area contributed by atoms with Gasteiger partial charge in [-0.15, -0.1) is 0 Å². The number of rotatable bonds is 11. The molecule has 0 radical (unpaired) electrons. The van der Waals surface area contributed by atoms with E-state index in [1.165, 1.54) is 16.7 Å². The molecular weight excluding hydrogens is 392 g/mol.